The van der Waals surface area contributed by atoms with Crippen molar-refractivity contribution in [1.82, 2.24) is 4.98 Å². The number of hydrogen-bond acceptors (Lipinski definition) is 4. The van der Waals surface area contributed by atoms with Gasteiger partial charge in [-0.3, -0.25) is 0 Å². The number of anilines is 3. The molecule has 2 rings (SSSR count). The Morgan fingerprint density at radius 3 is 2.75 bits per heavy atom. The second-order valence-electron chi connectivity index (χ2n) is 4.14. The number of benzene rings is 1. The molecule has 20 heavy (non-hydrogen) atoms. The van der Waals surface area contributed by atoms with Crippen LogP contribution in [0.1, 0.15) is 15.9 Å². The lowest BCUT2D eigenvalue weighted by molar-refractivity contribution is 0.0698. The molecule has 7 heteroatoms. The summed E-state index contributed by atoms with van der Waals surface area (Å²) in [6, 6.07) is 3.52. The van der Waals surface area contributed by atoms with E-state index < -0.39 is 23.3 Å². The molecule has 0 aliphatic heterocycles. The molecule has 0 aliphatic carbocycles. The number of rotatable bonds is 3. The Morgan fingerprint density at radius 1 is 1.40 bits per heavy atom. The van der Waals surface area contributed by atoms with Crippen LogP contribution in [0.3, 0.4) is 0 Å². The van der Waals surface area contributed by atoms with Crippen LogP contribution in [-0.2, 0) is 0 Å². The SMILES string of the molecule is Cc1ccc(F)c(Nc2cc(C(=O)O)c(N)cn2)c1F. The highest BCUT2D eigenvalue weighted by Gasteiger charge is 2.14. The summed E-state index contributed by atoms with van der Waals surface area (Å²) < 4.78 is 27.4. The largest absolute Gasteiger partial charge is 0.478 e. The summed E-state index contributed by atoms with van der Waals surface area (Å²) >= 11 is 0. The number of hydrogen-bond donors (Lipinski definition) is 3. The summed E-state index contributed by atoms with van der Waals surface area (Å²) in [7, 11) is 0. The molecule has 0 spiro atoms. The van der Waals surface area contributed by atoms with Gasteiger partial charge in [-0.05, 0) is 24.6 Å². The number of aromatic carboxylic acids is 1. The number of halogens is 2. The van der Waals surface area contributed by atoms with Gasteiger partial charge in [-0.2, -0.15) is 0 Å². The molecule has 0 amide bonds. The molecular formula is C13H11F2N3O2. The van der Waals surface area contributed by atoms with Crippen LogP contribution in [0.5, 0.6) is 0 Å². The van der Waals surface area contributed by atoms with E-state index in [2.05, 4.69) is 10.3 Å². The molecule has 1 aromatic heterocycles. The minimum Gasteiger partial charge on any atom is -0.478 e. The third-order valence-electron chi connectivity index (χ3n) is 2.70. The van der Waals surface area contributed by atoms with Gasteiger partial charge in [-0.1, -0.05) is 6.07 Å². The van der Waals surface area contributed by atoms with Gasteiger partial charge in [0.25, 0.3) is 0 Å². The van der Waals surface area contributed by atoms with Crippen LogP contribution in [0, 0.1) is 18.6 Å². The van der Waals surface area contributed by atoms with E-state index >= 15 is 0 Å². The van der Waals surface area contributed by atoms with Gasteiger partial charge in [0.15, 0.2) is 5.82 Å². The van der Waals surface area contributed by atoms with Crippen molar-refractivity contribution < 1.29 is 18.7 Å². The quantitative estimate of drug-likeness (QED) is 0.804. The topological polar surface area (TPSA) is 88.2 Å². The fraction of sp³-hybridized carbons (Fsp3) is 0.0769. The second-order valence-corrected chi connectivity index (χ2v) is 4.14. The van der Waals surface area contributed by atoms with Crippen molar-refractivity contribution in [3.05, 3.63) is 47.2 Å². The highest BCUT2D eigenvalue weighted by atomic mass is 19.1. The number of carboxylic acids is 1. The molecule has 0 unspecified atom stereocenters. The van der Waals surface area contributed by atoms with E-state index in [9.17, 15) is 13.6 Å². The lowest BCUT2D eigenvalue weighted by Crippen LogP contribution is -2.06. The van der Waals surface area contributed by atoms with Gasteiger partial charge < -0.3 is 16.2 Å². The normalized spacial score (nSPS) is 10.3. The maximum Gasteiger partial charge on any atom is 0.337 e. The standard InChI is InChI=1S/C13H11F2N3O2/c1-6-2-3-8(14)12(11(6)15)18-10-4-7(13(19)20)9(16)5-17-10/h2-5H,16H2,1H3,(H,17,18)(H,19,20). The number of carboxylic acid groups (broad SMARTS) is 1. The monoisotopic (exact) mass is 279 g/mol. The smallest absolute Gasteiger partial charge is 0.337 e. The van der Waals surface area contributed by atoms with Crippen LogP contribution >= 0.6 is 0 Å². The minimum atomic E-state index is -1.25. The second kappa shape index (κ2) is 5.12. The first-order valence-corrected chi connectivity index (χ1v) is 5.60. The van der Waals surface area contributed by atoms with E-state index in [4.69, 9.17) is 10.8 Å². The molecule has 104 valence electrons. The fourth-order valence-corrected chi connectivity index (χ4v) is 1.62. The molecule has 0 fully saturated rings. The van der Waals surface area contributed by atoms with E-state index in [-0.39, 0.29) is 22.6 Å². The average molecular weight is 279 g/mol. The predicted molar refractivity (Wildman–Crippen MR) is 70.0 cm³/mol. The number of aromatic nitrogens is 1. The van der Waals surface area contributed by atoms with E-state index in [1.54, 1.807) is 0 Å². The molecular weight excluding hydrogens is 268 g/mol. The number of carbonyl (C=O) groups is 1. The van der Waals surface area contributed by atoms with Crippen molar-refractivity contribution in [2.45, 2.75) is 6.92 Å². The summed E-state index contributed by atoms with van der Waals surface area (Å²) in [5.41, 5.74) is 5.08. The Kier molecular flexibility index (Phi) is 3.51. The van der Waals surface area contributed by atoms with Crippen LogP contribution < -0.4 is 11.1 Å². The zero-order valence-corrected chi connectivity index (χ0v) is 10.4. The number of nitrogens with two attached hydrogens (primary N) is 1. The van der Waals surface area contributed by atoms with Gasteiger partial charge in [0, 0.05) is 0 Å². The third kappa shape index (κ3) is 2.51. The van der Waals surface area contributed by atoms with Crippen LogP contribution in [0.2, 0.25) is 0 Å². The molecule has 4 N–H and O–H groups in total. The van der Waals surface area contributed by atoms with Crippen molar-refractivity contribution in [3.8, 4) is 0 Å². The minimum absolute atomic E-state index is 0.0139. The van der Waals surface area contributed by atoms with Crippen molar-refractivity contribution >= 4 is 23.2 Å². The Balaban J connectivity index is 2.43. The van der Waals surface area contributed by atoms with Crippen LogP contribution in [0.25, 0.3) is 0 Å². The maximum atomic E-state index is 13.8. The zero-order chi connectivity index (χ0) is 14.9. The lowest BCUT2D eigenvalue weighted by atomic mass is 10.2. The zero-order valence-electron chi connectivity index (χ0n) is 10.4. The Labute approximate surface area is 113 Å². The number of aryl methyl sites for hydroxylation is 1. The molecule has 0 saturated heterocycles. The summed E-state index contributed by atoms with van der Waals surface area (Å²) in [6.45, 7) is 1.49. The fourth-order valence-electron chi connectivity index (χ4n) is 1.62. The average Bonchev–Trinajstić information content (AvgIpc) is 2.40. The van der Waals surface area contributed by atoms with E-state index in [0.717, 1.165) is 18.3 Å². The van der Waals surface area contributed by atoms with Gasteiger partial charge in [-0.15, -0.1) is 0 Å². The summed E-state index contributed by atoms with van der Waals surface area (Å²) in [5, 5.41) is 11.3. The van der Waals surface area contributed by atoms with Gasteiger partial charge in [0.05, 0.1) is 17.4 Å². The van der Waals surface area contributed by atoms with Gasteiger partial charge in [0.2, 0.25) is 0 Å². The van der Waals surface area contributed by atoms with Crippen molar-refractivity contribution in [2.75, 3.05) is 11.1 Å². The first-order chi connectivity index (χ1) is 9.40. The Bertz CT molecular complexity index is 690. The number of nitrogens with one attached hydrogen (secondary N) is 1. The first-order valence-electron chi connectivity index (χ1n) is 5.60. The highest BCUT2D eigenvalue weighted by molar-refractivity contribution is 5.94. The van der Waals surface area contributed by atoms with E-state index in [0.29, 0.717) is 0 Å². The molecule has 1 aromatic carbocycles. The molecule has 0 saturated carbocycles. The highest BCUT2D eigenvalue weighted by Crippen LogP contribution is 2.25. The van der Waals surface area contributed by atoms with Crippen molar-refractivity contribution in [2.24, 2.45) is 0 Å². The summed E-state index contributed by atoms with van der Waals surface area (Å²) in [4.78, 5) is 14.7. The number of pyridine rings is 1. The molecule has 2 aromatic rings. The number of nitrogens with zero attached hydrogens (tertiary/aromatic N) is 1. The Morgan fingerprint density at radius 2 is 2.10 bits per heavy atom. The molecule has 0 radical (unpaired) electrons. The maximum absolute atomic E-state index is 13.8. The summed E-state index contributed by atoms with van der Waals surface area (Å²) in [5.74, 6) is -2.83. The van der Waals surface area contributed by atoms with E-state index in [1.165, 1.54) is 13.0 Å². The molecule has 1 heterocycles. The van der Waals surface area contributed by atoms with Crippen molar-refractivity contribution in [1.29, 1.82) is 0 Å². The van der Waals surface area contributed by atoms with Crippen molar-refractivity contribution in [3.63, 3.8) is 0 Å². The van der Waals surface area contributed by atoms with Crippen LogP contribution in [-0.4, -0.2) is 16.1 Å². The van der Waals surface area contributed by atoms with Gasteiger partial charge in [0.1, 0.15) is 17.3 Å². The Hall–Kier alpha value is -2.70. The lowest BCUT2D eigenvalue weighted by Gasteiger charge is -2.10. The molecule has 0 bridgehead atoms. The van der Waals surface area contributed by atoms with Gasteiger partial charge >= 0.3 is 5.97 Å². The first kappa shape index (κ1) is 13.7. The van der Waals surface area contributed by atoms with E-state index in [1.807, 2.05) is 0 Å². The van der Waals surface area contributed by atoms with Crippen LogP contribution in [0.15, 0.2) is 24.4 Å². The third-order valence-corrected chi connectivity index (χ3v) is 2.70. The number of nitrogen functional groups attached to an aromatic ring is 1. The van der Waals surface area contributed by atoms with Gasteiger partial charge in [-0.25, -0.2) is 18.6 Å². The molecule has 0 atom stereocenters. The molecule has 5 nitrogen and oxygen atoms in total. The summed E-state index contributed by atoms with van der Waals surface area (Å²) in [6.07, 6.45) is 1.11. The predicted octanol–water partition coefficient (Wildman–Crippen LogP) is 2.69. The van der Waals surface area contributed by atoms with Crippen LogP contribution in [0.4, 0.5) is 26.0 Å². The molecule has 0 aliphatic rings.